The van der Waals surface area contributed by atoms with Crippen molar-refractivity contribution in [2.75, 3.05) is 12.0 Å². The van der Waals surface area contributed by atoms with Gasteiger partial charge in [0.2, 0.25) is 5.91 Å². The maximum absolute atomic E-state index is 11.4. The molecule has 1 amide bonds. The van der Waals surface area contributed by atoms with Crippen LogP contribution in [0.5, 0.6) is 0 Å². The Kier molecular flexibility index (Phi) is 4.50. The summed E-state index contributed by atoms with van der Waals surface area (Å²) in [6.45, 7) is 0. The zero-order chi connectivity index (χ0) is 13.1. The first-order valence-electron chi connectivity index (χ1n) is 5.48. The molecule has 1 atom stereocenters. The van der Waals surface area contributed by atoms with Crippen molar-refractivity contribution in [3.63, 3.8) is 0 Å². The first-order valence-corrected chi connectivity index (χ1v) is 7.54. The van der Waals surface area contributed by atoms with Crippen LogP contribution in [0.1, 0.15) is 25.7 Å². The number of carboxylic acids is 1. The van der Waals surface area contributed by atoms with Crippen LogP contribution >= 0.6 is 0 Å². The fourth-order valence-corrected chi connectivity index (χ4v) is 2.09. The van der Waals surface area contributed by atoms with E-state index >= 15 is 0 Å². The number of amides is 1. The summed E-state index contributed by atoms with van der Waals surface area (Å²) in [5, 5.41) is 11.2. The minimum absolute atomic E-state index is 0.0927. The summed E-state index contributed by atoms with van der Waals surface area (Å²) in [7, 11) is -3.21. The lowest BCUT2D eigenvalue weighted by Gasteiger charge is -2.13. The molecular formula is C10H17NO5S. The summed E-state index contributed by atoms with van der Waals surface area (Å²) in [6, 6.07) is -1.11. The van der Waals surface area contributed by atoms with Crippen LogP contribution in [0.2, 0.25) is 0 Å². The van der Waals surface area contributed by atoms with E-state index in [9.17, 15) is 18.0 Å². The Balaban J connectivity index is 2.41. The number of sulfone groups is 1. The van der Waals surface area contributed by atoms with Crippen LogP contribution in [0.3, 0.4) is 0 Å². The molecular weight excluding hydrogens is 246 g/mol. The van der Waals surface area contributed by atoms with Crippen LogP contribution in [-0.2, 0) is 19.4 Å². The molecule has 17 heavy (non-hydrogen) atoms. The molecule has 0 aromatic rings. The quantitative estimate of drug-likeness (QED) is 0.662. The van der Waals surface area contributed by atoms with Crippen molar-refractivity contribution >= 4 is 21.7 Å². The van der Waals surface area contributed by atoms with E-state index < -0.39 is 21.8 Å². The Morgan fingerprint density at radius 3 is 2.41 bits per heavy atom. The molecule has 1 unspecified atom stereocenters. The van der Waals surface area contributed by atoms with E-state index in [0.717, 1.165) is 19.1 Å². The average molecular weight is 263 g/mol. The fraction of sp³-hybridized carbons (Fsp3) is 0.800. The molecule has 0 radical (unpaired) electrons. The molecule has 0 aromatic carbocycles. The summed E-state index contributed by atoms with van der Waals surface area (Å²) < 4.78 is 21.9. The summed E-state index contributed by atoms with van der Waals surface area (Å²) in [4.78, 5) is 22.3. The Morgan fingerprint density at radius 1 is 1.41 bits per heavy atom. The van der Waals surface area contributed by atoms with Gasteiger partial charge in [0.15, 0.2) is 0 Å². The Bertz CT molecular complexity index is 399. The second-order valence-corrected chi connectivity index (χ2v) is 6.78. The van der Waals surface area contributed by atoms with Crippen molar-refractivity contribution in [1.29, 1.82) is 0 Å². The molecule has 0 heterocycles. The molecule has 0 aromatic heterocycles. The number of carbonyl (C=O) groups is 2. The van der Waals surface area contributed by atoms with Crippen molar-refractivity contribution in [3.05, 3.63) is 0 Å². The van der Waals surface area contributed by atoms with Gasteiger partial charge in [-0.1, -0.05) is 0 Å². The highest BCUT2D eigenvalue weighted by molar-refractivity contribution is 7.90. The van der Waals surface area contributed by atoms with Crippen LogP contribution in [-0.4, -0.2) is 43.5 Å². The van der Waals surface area contributed by atoms with Crippen molar-refractivity contribution in [2.24, 2.45) is 5.92 Å². The summed E-state index contributed by atoms with van der Waals surface area (Å²) in [5.41, 5.74) is 0. The normalized spacial score (nSPS) is 17.5. The van der Waals surface area contributed by atoms with E-state index in [1.54, 1.807) is 0 Å². The number of nitrogens with one attached hydrogen (secondary N) is 1. The predicted molar refractivity (Wildman–Crippen MR) is 61.2 cm³/mol. The lowest BCUT2D eigenvalue weighted by atomic mass is 10.2. The third-order valence-corrected chi connectivity index (χ3v) is 3.56. The number of hydrogen-bond acceptors (Lipinski definition) is 4. The minimum atomic E-state index is -3.21. The van der Waals surface area contributed by atoms with E-state index in [4.69, 9.17) is 5.11 Å². The van der Waals surface area contributed by atoms with Crippen molar-refractivity contribution in [3.8, 4) is 0 Å². The highest BCUT2D eigenvalue weighted by Gasteiger charge is 2.27. The molecule has 6 nitrogen and oxygen atoms in total. The summed E-state index contributed by atoms with van der Waals surface area (Å²) in [6.07, 6.45) is 3.30. The third-order valence-electron chi connectivity index (χ3n) is 2.58. The molecule has 0 spiro atoms. The van der Waals surface area contributed by atoms with E-state index in [1.165, 1.54) is 0 Å². The maximum atomic E-state index is 11.4. The van der Waals surface area contributed by atoms with Gasteiger partial charge in [0.25, 0.3) is 0 Å². The van der Waals surface area contributed by atoms with Crippen LogP contribution in [0.25, 0.3) is 0 Å². The van der Waals surface area contributed by atoms with Gasteiger partial charge < -0.3 is 10.4 Å². The van der Waals surface area contributed by atoms with Gasteiger partial charge in [0, 0.05) is 12.7 Å². The number of hydrogen-bond donors (Lipinski definition) is 2. The number of carboxylic acid groups (broad SMARTS) is 1. The number of carbonyl (C=O) groups excluding carboxylic acids is 1. The lowest BCUT2D eigenvalue weighted by molar-refractivity contribution is -0.141. The second-order valence-electron chi connectivity index (χ2n) is 4.52. The fourth-order valence-electron chi connectivity index (χ4n) is 1.43. The Labute approximate surface area is 100 Å². The second kappa shape index (κ2) is 5.48. The Morgan fingerprint density at radius 2 is 2.00 bits per heavy atom. The zero-order valence-electron chi connectivity index (χ0n) is 9.68. The molecule has 1 saturated carbocycles. The zero-order valence-corrected chi connectivity index (χ0v) is 10.5. The van der Waals surface area contributed by atoms with Crippen molar-refractivity contribution < 1.29 is 23.1 Å². The van der Waals surface area contributed by atoms with Crippen molar-refractivity contribution in [1.82, 2.24) is 5.32 Å². The van der Waals surface area contributed by atoms with E-state index in [-0.39, 0.29) is 18.1 Å². The molecule has 1 fully saturated rings. The monoisotopic (exact) mass is 263 g/mol. The molecule has 1 aliphatic rings. The minimum Gasteiger partial charge on any atom is -0.480 e. The van der Waals surface area contributed by atoms with Crippen molar-refractivity contribution in [2.45, 2.75) is 31.7 Å². The van der Waals surface area contributed by atoms with Gasteiger partial charge in [-0.15, -0.1) is 0 Å². The molecule has 2 N–H and O–H groups in total. The SMILES string of the molecule is CS(=O)(=O)CCC(NC(=O)CC1CC1)C(=O)O. The highest BCUT2D eigenvalue weighted by Crippen LogP contribution is 2.32. The van der Waals surface area contributed by atoms with Gasteiger partial charge in [-0.3, -0.25) is 4.79 Å². The van der Waals surface area contributed by atoms with Crippen LogP contribution in [0.4, 0.5) is 0 Å². The topological polar surface area (TPSA) is 101 Å². The van der Waals surface area contributed by atoms with Gasteiger partial charge >= 0.3 is 5.97 Å². The summed E-state index contributed by atoms with van der Waals surface area (Å²) in [5.74, 6) is -1.38. The van der Waals surface area contributed by atoms with Crippen LogP contribution in [0.15, 0.2) is 0 Å². The van der Waals surface area contributed by atoms with Gasteiger partial charge in [-0.05, 0) is 25.2 Å². The average Bonchev–Trinajstić information content (AvgIpc) is 2.93. The Hall–Kier alpha value is -1.11. The van der Waals surface area contributed by atoms with Gasteiger partial charge in [-0.2, -0.15) is 0 Å². The first kappa shape index (κ1) is 14.0. The number of aliphatic carboxylic acids is 1. The largest absolute Gasteiger partial charge is 0.480 e. The van der Waals surface area contributed by atoms with Gasteiger partial charge in [0.1, 0.15) is 15.9 Å². The maximum Gasteiger partial charge on any atom is 0.326 e. The molecule has 7 heteroatoms. The van der Waals surface area contributed by atoms with E-state index in [0.29, 0.717) is 12.3 Å². The van der Waals surface area contributed by atoms with E-state index in [2.05, 4.69) is 5.32 Å². The van der Waals surface area contributed by atoms with E-state index in [1.807, 2.05) is 0 Å². The molecule has 0 bridgehead atoms. The molecule has 98 valence electrons. The summed E-state index contributed by atoms with van der Waals surface area (Å²) >= 11 is 0. The predicted octanol–water partition coefficient (Wildman–Crippen LogP) is -0.209. The standard InChI is InChI=1S/C10H17NO5S/c1-17(15,16)5-4-8(10(13)14)11-9(12)6-7-2-3-7/h7-8H,2-6H2,1H3,(H,11,12)(H,13,14). The molecule has 1 rings (SSSR count). The van der Waals surface area contributed by atoms with Crippen LogP contribution in [0, 0.1) is 5.92 Å². The molecule has 0 aliphatic heterocycles. The van der Waals surface area contributed by atoms with Gasteiger partial charge in [0.05, 0.1) is 5.75 Å². The molecule has 0 saturated heterocycles. The smallest absolute Gasteiger partial charge is 0.326 e. The van der Waals surface area contributed by atoms with Gasteiger partial charge in [-0.25, -0.2) is 13.2 Å². The highest BCUT2D eigenvalue weighted by atomic mass is 32.2. The first-order chi connectivity index (χ1) is 7.78. The third kappa shape index (κ3) is 6.25. The van der Waals surface area contributed by atoms with Crippen LogP contribution < -0.4 is 5.32 Å². The lowest BCUT2D eigenvalue weighted by Crippen LogP contribution is -2.42. The molecule has 1 aliphatic carbocycles. The number of rotatable bonds is 7.